The number of alkyl halides is 6. The van der Waals surface area contributed by atoms with E-state index < -0.39 is 266 Å². The van der Waals surface area contributed by atoms with Gasteiger partial charge in [0.15, 0.2) is 10.3 Å². The van der Waals surface area contributed by atoms with E-state index in [1.807, 2.05) is 23.6 Å². The Labute approximate surface area is 603 Å². The summed E-state index contributed by atoms with van der Waals surface area (Å²) in [4.78, 5) is 69.3. The van der Waals surface area contributed by atoms with E-state index in [1.54, 1.807) is 13.8 Å². The Bertz CT molecular complexity index is 5550. The zero-order valence-electron chi connectivity index (χ0n) is 80.4. The summed E-state index contributed by atoms with van der Waals surface area (Å²) in [6, 6.07) is -7.70. The van der Waals surface area contributed by atoms with Crippen molar-refractivity contribution >= 4 is 35.3 Å². The first-order chi connectivity index (χ1) is 57.1. The first kappa shape index (κ1) is 43.4. The molecule has 12 nitrogen and oxygen atoms in total. The van der Waals surface area contributed by atoms with Crippen LogP contribution in [-0.2, 0) is 85.0 Å². The predicted octanol–water partition coefficient (Wildman–Crippen LogP) is 15.0. The predicted molar refractivity (Wildman–Crippen MR) is 362 cm³/mol. The number of likely N-dealkylation sites (N-methyl/N-ethyl adjacent to an activating group) is 2. The molecule has 10 rings (SSSR count). The van der Waals surface area contributed by atoms with Gasteiger partial charge in [0.2, 0.25) is 11.8 Å². The number of hydrogen-bond donors (Lipinski definition) is 0. The summed E-state index contributed by atoms with van der Waals surface area (Å²) in [6.45, 7) is 2.69. The van der Waals surface area contributed by atoms with Crippen LogP contribution in [-0.4, -0.2) is 103 Å². The lowest BCUT2D eigenvalue weighted by molar-refractivity contribution is -0.138. The lowest BCUT2D eigenvalue weighted by Crippen LogP contribution is -2.40. The number of hydrogen-bond acceptors (Lipinski definition) is 10. The molecular formula is C74H80F8N8O4S2. The highest BCUT2D eigenvalue weighted by Gasteiger charge is 2.33. The molecule has 6 aromatic carbocycles. The monoisotopic (exact) mass is 1390 g/mol. The highest BCUT2D eigenvalue weighted by Crippen LogP contribution is 2.35. The second kappa shape index (κ2) is 32.9. The lowest BCUT2D eigenvalue weighted by Gasteiger charge is -2.28. The topological polar surface area (TPSA) is 117 Å². The van der Waals surface area contributed by atoms with Crippen molar-refractivity contribution in [2.75, 3.05) is 52.4 Å². The highest BCUT2D eigenvalue weighted by atomic mass is 32.2. The number of halogens is 8. The fourth-order valence-corrected chi connectivity index (χ4v) is 11.2. The molecule has 2 aliphatic rings. The SMILES string of the molecule is [2H]c1c([2H])c(C([2H])([2H])Sc2nc(=O)c3c(n2CC(=O)N(CCN(CC)CC)C([2H])([2H])c2c([2H])c([2H])c(-c4c([2H])c([2H])c(C(F)(F)F)c([2H])c4[2H])c([2H])c2C)CCC3)c([2H])c([2H])c1F.[2H]c1c([2H])c(C([2H])([2H])Sc2nc(=O)c3c(n2CC(=O)N(CCN(CC)CC)C([2H])([2H])c2ccc(-c4ccc(C(F)(F)F)cc4)cc2)C([2H])([2H])C([2H])(C)C3([2H])[2H])c([2H])c([2H])c1F. The first-order valence-corrected chi connectivity index (χ1v) is 31.5. The summed E-state index contributed by atoms with van der Waals surface area (Å²) in [6.07, 6.45) is -15.3. The second-order valence-corrected chi connectivity index (χ2v) is 22.8. The van der Waals surface area contributed by atoms with E-state index in [4.69, 9.17) is 32.9 Å². The standard InChI is InChI=1S/2C37H40F4N4O2S/c1-4-43(5-2)18-19-44(22-26-6-10-28(11-7-26)29-12-14-30(15-13-29)37(39,40)41)34(46)23-45-33-21-25(3)20-32(33)35(47)42-36(45)48-24-27-8-16-31(38)17-9-27;1-4-43(5-2)19-20-44(22-29-12-11-28(21-25(29)3)27-13-15-30(16-14-27)37(39,40)41)34(46)23-45-33-8-6-7-32(33)35(47)42-36(45)48-24-26-9-17-31(38)18-10-26/h6-17,25H,4-5,18-24H2,1-3H3;9-18,21H,4-8,19-20,22-24H2,1-3H3/i8D,9D,16D,17D,20D2,21D2,22D2,24D2,25D;9D,10D,11D,12D,13D,14D,15D,16D,17D,18D,21D,22D2,24D2. The average Bonchev–Trinajstić information content (AvgIpc) is 1.52. The molecule has 22 heteroatoms. The third-order valence-electron chi connectivity index (χ3n) is 15.0. The molecule has 1 unspecified atom stereocenters. The van der Waals surface area contributed by atoms with Crippen LogP contribution in [0.1, 0.15) is 141 Å². The van der Waals surface area contributed by atoms with Crippen LogP contribution in [0, 0.1) is 24.5 Å². The van der Waals surface area contributed by atoms with E-state index in [1.165, 1.54) is 36.4 Å². The maximum atomic E-state index is 14.7. The van der Waals surface area contributed by atoms with Crippen LogP contribution in [0.4, 0.5) is 35.1 Å². The molecule has 2 amide bonds. The van der Waals surface area contributed by atoms with Crippen LogP contribution in [0.2, 0.25) is 0 Å². The Kier molecular flexibility index (Phi) is 14.9. The molecular weight excluding hydrogens is 1280 g/mol. The Hall–Kier alpha value is -7.92. The number of nitrogens with zero attached hydrogens (tertiary/aromatic N) is 8. The summed E-state index contributed by atoms with van der Waals surface area (Å²) in [5.41, 5.74) is -16.5. The molecule has 508 valence electrons. The molecule has 8 aromatic rings. The van der Waals surface area contributed by atoms with Gasteiger partial charge in [-0.15, -0.1) is 0 Å². The fraction of sp³-hybridized carbons (Fsp3) is 0.378. The van der Waals surface area contributed by atoms with Gasteiger partial charge in [0.25, 0.3) is 11.1 Å². The van der Waals surface area contributed by atoms with Crippen molar-refractivity contribution in [3.8, 4) is 22.3 Å². The Morgan fingerprint density at radius 2 is 1.04 bits per heavy atom. The maximum Gasteiger partial charge on any atom is 0.416 e. The smallest absolute Gasteiger partial charge is 0.336 e. The molecule has 0 saturated carbocycles. The number of amides is 2. The molecule has 0 bridgehead atoms. The number of benzene rings is 6. The molecule has 2 heterocycles. The third kappa shape index (κ3) is 19.0. The van der Waals surface area contributed by atoms with Crippen LogP contribution in [0.25, 0.3) is 22.3 Å². The van der Waals surface area contributed by atoms with Crippen LogP contribution in [0.3, 0.4) is 0 Å². The van der Waals surface area contributed by atoms with Gasteiger partial charge in [-0.2, -0.15) is 36.3 Å². The van der Waals surface area contributed by atoms with Crippen LogP contribution < -0.4 is 11.1 Å². The molecule has 1 atom stereocenters. The average molecular weight is 1390 g/mol. The normalized spacial score (nSPS) is 20.2. The van der Waals surface area contributed by atoms with Gasteiger partial charge in [-0.1, -0.05) is 149 Å². The van der Waals surface area contributed by atoms with Crippen molar-refractivity contribution in [2.24, 2.45) is 5.89 Å². The summed E-state index contributed by atoms with van der Waals surface area (Å²) < 4.78 is 353. The van der Waals surface area contributed by atoms with Gasteiger partial charge in [-0.05, 0) is 169 Å². The van der Waals surface area contributed by atoms with Crippen molar-refractivity contribution in [3.05, 3.63) is 233 Å². The summed E-state index contributed by atoms with van der Waals surface area (Å²) in [5.74, 6) is -8.03. The fourth-order valence-electron chi connectivity index (χ4n) is 9.80. The number of aromatic nitrogens is 4. The van der Waals surface area contributed by atoms with E-state index in [9.17, 15) is 59.8 Å². The number of carbonyl (C=O) groups excluding carboxylic acids is 2. The van der Waals surface area contributed by atoms with Gasteiger partial charge in [-0.25, -0.2) is 8.78 Å². The second-order valence-electron chi connectivity index (χ2n) is 21.3. The van der Waals surface area contributed by atoms with Crippen molar-refractivity contribution < 1.29 is 83.1 Å². The van der Waals surface area contributed by atoms with Gasteiger partial charge >= 0.3 is 12.4 Å². The first-order valence-electron chi connectivity index (χ1n) is 43.9. The summed E-state index contributed by atoms with van der Waals surface area (Å²) in [5, 5.41) is -1.32. The quantitative estimate of drug-likeness (QED) is 0.0295. The Morgan fingerprint density at radius 1 is 0.573 bits per heavy atom. The molecule has 0 radical (unpaired) electrons. The number of rotatable bonds is 26. The Morgan fingerprint density at radius 3 is 1.54 bits per heavy atom. The maximum absolute atomic E-state index is 14.7. The summed E-state index contributed by atoms with van der Waals surface area (Å²) >= 11 is 0.0529. The molecule has 2 aliphatic carbocycles. The van der Waals surface area contributed by atoms with E-state index in [0.717, 1.165) is 35.4 Å². The molecule has 2 aromatic heterocycles. The molecule has 0 saturated heterocycles. The molecule has 0 aliphatic heterocycles. The highest BCUT2D eigenvalue weighted by molar-refractivity contribution is 7.98. The van der Waals surface area contributed by atoms with Crippen molar-refractivity contribution in [3.63, 3.8) is 0 Å². The minimum Gasteiger partial charge on any atom is -0.336 e. The van der Waals surface area contributed by atoms with Crippen LogP contribution in [0.5, 0.6) is 0 Å². The summed E-state index contributed by atoms with van der Waals surface area (Å²) in [7, 11) is 0. The van der Waals surface area contributed by atoms with Crippen LogP contribution in [0.15, 0.2) is 159 Å². The van der Waals surface area contributed by atoms with Crippen molar-refractivity contribution in [1.82, 2.24) is 38.7 Å². The van der Waals surface area contributed by atoms with Gasteiger partial charge < -0.3 is 28.7 Å². The third-order valence-corrected chi connectivity index (χ3v) is 16.6. The zero-order valence-corrected chi connectivity index (χ0v) is 54.0. The van der Waals surface area contributed by atoms with Crippen molar-refractivity contribution in [2.45, 2.75) is 134 Å². The minimum absolute atomic E-state index is 0.0252. The minimum atomic E-state index is -5.31. The molecule has 0 fully saturated rings. The van der Waals surface area contributed by atoms with E-state index in [-0.39, 0.29) is 72.8 Å². The molecule has 96 heavy (non-hydrogen) atoms. The van der Waals surface area contributed by atoms with Crippen LogP contribution >= 0.6 is 23.5 Å². The van der Waals surface area contributed by atoms with E-state index in [2.05, 4.69) is 9.97 Å². The van der Waals surface area contributed by atoms with E-state index in [0.29, 0.717) is 53.2 Å². The van der Waals surface area contributed by atoms with Crippen molar-refractivity contribution in [1.29, 1.82) is 0 Å². The number of thioether (sulfide) groups is 2. The largest absolute Gasteiger partial charge is 0.416 e. The van der Waals surface area contributed by atoms with Gasteiger partial charge in [0.05, 0.1) is 37.2 Å². The Balaban J connectivity index is 0.000000281. The lowest BCUT2D eigenvalue weighted by atomic mass is 9.98. The molecule has 0 spiro atoms. The van der Waals surface area contributed by atoms with Gasteiger partial charge in [0.1, 0.15) is 24.7 Å². The van der Waals surface area contributed by atoms with Gasteiger partial charge in [0, 0.05) is 85.4 Å². The number of carbonyl (C=O) groups is 2. The molecule has 0 N–H and O–H groups in total. The van der Waals surface area contributed by atoms with Gasteiger partial charge in [-0.3, -0.25) is 19.2 Å². The van der Waals surface area contributed by atoms with E-state index >= 15 is 0 Å². The number of fused-ring (bicyclic) bond motifs is 2. The zero-order chi connectivity index (χ0) is 93.6.